The summed E-state index contributed by atoms with van der Waals surface area (Å²) in [4.78, 5) is 84.9. The fourth-order valence-corrected chi connectivity index (χ4v) is 7.78. The Morgan fingerprint density at radius 3 is 2.04 bits per heavy atom. The van der Waals surface area contributed by atoms with Gasteiger partial charge in [0.05, 0.1) is 0 Å². The van der Waals surface area contributed by atoms with Gasteiger partial charge in [0.2, 0.25) is 35.4 Å². The van der Waals surface area contributed by atoms with Gasteiger partial charge in [0.25, 0.3) is 0 Å². The number of hydrogen-bond donors (Lipinski definition) is 5. The van der Waals surface area contributed by atoms with Crippen molar-refractivity contribution >= 4 is 47.2 Å². The number of thioether (sulfide) groups is 1. The van der Waals surface area contributed by atoms with Gasteiger partial charge >= 0.3 is 0 Å². The van der Waals surface area contributed by atoms with Crippen molar-refractivity contribution in [2.24, 2.45) is 23.3 Å². The van der Waals surface area contributed by atoms with Crippen molar-refractivity contribution < 1.29 is 28.8 Å². The van der Waals surface area contributed by atoms with E-state index >= 15 is 0 Å². The molecule has 2 aliphatic heterocycles. The first-order valence-corrected chi connectivity index (χ1v) is 20.4. The van der Waals surface area contributed by atoms with Gasteiger partial charge in [-0.25, -0.2) is 0 Å². The summed E-state index contributed by atoms with van der Waals surface area (Å²) in [6, 6.07) is 14.2. The van der Waals surface area contributed by atoms with Crippen LogP contribution in [0.25, 0.3) is 0 Å². The molecule has 0 spiro atoms. The van der Waals surface area contributed by atoms with Gasteiger partial charge in [-0.05, 0) is 67.7 Å². The number of likely N-dealkylation sites (tertiary alicyclic amines) is 2. The van der Waals surface area contributed by atoms with Crippen LogP contribution < -0.4 is 27.4 Å². The van der Waals surface area contributed by atoms with E-state index in [1.165, 1.54) is 11.8 Å². The van der Waals surface area contributed by atoms with E-state index in [0.717, 1.165) is 11.1 Å². The molecule has 0 saturated carbocycles. The molecular formula is C40H57N7O6S. The van der Waals surface area contributed by atoms with Crippen molar-refractivity contribution in [1.29, 1.82) is 0 Å². The lowest BCUT2D eigenvalue weighted by molar-refractivity contribution is -0.146. The summed E-state index contributed by atoms with van der Waals surface area (Å²) < 4.78 is 0. The lowest BCUT2D eigenvalue weighted by Crippen LogP contribution is -2.58. The minimum absolute atomic E-state index is 0.0559. The van der Waals surface area contributed by atoms with E-state index in [0.29, 0.717) is 50.9 Å². The zero-order valence-corrected chi connectivity index (χ0v) is 32.5. The number of nitrogens with two attached hydrogens (primary N) is 2. The summed E-state index contributed by atoms with van der Waals surface area (Å²) in [7, 11) is 0. The van der Waals surface area contributed by atoms with Crippen molar-refractivity contribution in [3.8, 4) is 0 Å². The molecule has 13 nitrogen and oxygen atoms in total. The number of carbonyl (C=O) groups is 6. The molecule has 2 aromatic carbocycles. The predicted octanol–water partition coefficient (Wildman–Crippen LogP) is 1.77. The monoisotopic (exact) mass is 763 g/mol. The van der Waals surface area contributed by atoms with Crippen LogP contribution in [0.3, 0.4) is 0 Å². The number of benzene rings is 2. The SMILES string of the molecule is CSCC[C@H](NC(=O)[C@H](CC(C)C)N1C[C@H]2CCN(C(=O)[C@H](Cc3ccccc3)NC(=O)[C@H](Cc3ccccc3)NC(=O)CCCCN)[C@@H]2C1=O)C(N)=O. The van der Waals surface area contributed by atoms with Crippen LogP contribution in [-0.2, 0) is 41.6 Å². The number of rotatable bonds is 21. The molecule has 6 atom stereocenters. The lowest BCUT2D eigenvalue weighted by Gasteiger charge is -2.32. The molecular weight excluding hydrogens is 707 g/mol. The van der Waals surface area contributed by atoms with E-state index in [9.17, 15) is 28.8 Å². The quantitative estimate of drug-likeness (QED) is 0.119. The highest BCUT2D eigenvalue weighted by Gasteiger charge is 2.53. The first-order valence-electron chi connectivity index (χ1n) is 19.0. The molecule has 4 rings (SSSR count). The van der Waals surface area contributed by atoms with Crippen LogP contribution in [0, 0.1) is 11.8 Å². The van der Waals surface area contributed by atoms with Gasteiger partial charge in [0.1, 0.15) is 30.2 Å². The molecule has 2 aliphatic rings. The van der Waals surface area contributed by atoms with Crippen LogP contribution in [0.2, 0.25) is 0 Å². The van der Waals surface area contributed by atoms with Crippen molar-refractivity contribution in [2.75, 3.05) is 31.6 Å². The minimum atomic E-state index is -1.03. The summed E-state index contributed by atoms with van der Waals surface area (Å²) in [5.74, 6) is -2.12. The minimum Gasteiger partial charge on any atom is -0.368 e. The Kier molecular flexibility index (Phi) is 16.4. The number of carbonyl (C=O) groups excluding carboxylic acids is 6. The molecule has 2 saturated heterocycles. The Morgan fingerprint density at radius 2 is 1.46 bits per heavy atom. The molecule has 2 heterocycles. The smallest absolute Gasteiger partial charge is 0.246 e. The molecule has 0 aliphatic carbocycles. The largest absolute Gasteiger partial charge is 0.368 e. The molecule has 0 radical (unpaired) electrons. The van der Waals surface area contributed by atoms with Crippen LogP contribution in [0.1, 0.15) is 63.5 Å². The second-order valence-corrected chi connectivity index (χ2v) is 15.7. The van der Waals surface area contributed by atoms with Gasteiger partial charge in [-0.2, -0.15) is 11.8 Å². The summed E-state index contributed by atoms with van der Waals surface area (Å²) in [6.07, 6.45) is 5.06. The van der Waals surface area contributed by atoms with E-state index < -0.39 is 53.8 Å². The van der Waals surface area contributed by atoms with Gasteiger partial charge < -0.3 is 37.2 Å². The third kappa shape index (κ3) is 11.8. The van der Waals surface area contributed by atoms with Crippen LogP contribution in [0.5, 0.6) is 0 Å². The Balaban J connectivity index is 1.57. The van der Waals surface area contributed by atoms with Crippen LogP contribution in [-0.4, -0.2) is 107 Å². The topological polar surface area (TPSA) is 197 Å². The van der Waals surface area contributed by atoms with Gasteiger partial charge in [0.15, 0.2) is 0 Å². The number of nitrogens with zero attached hydrogens (tertiary/aromatic N) is 2. The highest BCUT2D eigenvalue weighted by atomic mass is 32.2. The molecule has 0 unspecified atom stereocenters. The third-order valence-corrected chi connectivity index (χ3v) is 10.8. The Morgan fingerprint density at radius 1 is 0.852 bits per heavy atom. The van der Waals surface area contributed by atoms with Crippen molar-refractivity contribution in [3.05, 3.63) is 71.8 Å². The average molecular weight is 764 g/mol. The highest BCUT2D eigenvalue weighted by Crippen LogP contribution is 2.35. The number of primary amides is 1. The van der Waals surface area contributed by atoms with Crippen molar-refractivity contribution in [3.63, 3.8) is 0 Å². The van der Waals surface area contributed by atoms with Gasteiger partial charge in [0, 0.05) is 38.3 Å². The molecule has 6 amide bonds. The molecule has 7 N–H and O–H groups in total. The Labute approximate surface area is 323 Å². The van der Waals surface area contributed by atoms with Crippen LogP contribution >= 0.6 is 11.8 Å². The second kappa shape index (κ2) is 20.9. The van der Waals surface area contributed by atoms with E-state index in [2.05, 4.69) is 16.0 Å². The molecule has 14 heteroatoms. The average Bonchev–Trinajstić information content (AvgIpc) is 3.71. The number of nitrogens with one attached hydrogen (secondary N) is 3. The van der Waals surface area contributed by atoms with Crippen molar-refractivity contribution in [2.45, 2.75) is 95.4 Å². The lowest BCUT2D eigenvalue weighted by atomic mass is 10.0. The van der Waals surface area contributed by atoms with Gasteiger partial charge in [-0.1, -0.05) is 74.5 Å². The number of unbranched alkanes of at least 4 members (excludes halogenated alkanes) is 1. The molecule has 0 aromatic heterocycles. The first-order chi connectivity index (χ1) is 25.9. The summed E-state index contributed by atoms with van der Waals surface area (Å²) >= 11 is 1.54. The zero-order chi connectivity index (χ0) is 39.2. The van der Waals surface area contributed by atoms with E-state index in [1.807, 2.05) is 80.8 Å². The standard InChI is InChI=1S/C40H57N7O6S/c1-26(2)22-33(38(51)44-30(36(42)49)18-21-54-3)47-25-29-17-20-46(35(29)40(47)53)39(52)32(24-28-14-8-5-9-15-28)45-37(50)31(23-27-12-6-4-7-13-27)43-34(48)16-10-11-19-41/h4-9,12-15,26,29-33,35H,10-11,16-25,41H2,1-3H3,(H2,42,49)(H,43,48)(H,44,51)(H,45,50)/t29-,30+,31+,32+,33+,35+/m1/s1. The second-order valence-electron chi connectivity index (χ2n) is 14.7. The fraction of sp³-hybridized carbons (Fsp3) is 0.550. The molecule has 2 aromatic rings. The van der Waals surface area contributed by atoms with Crippen LogP contribution in [0.15, 0.2) is 60.7 Å². The van der Waals surface area contributed by atoms with Crippen molar-refractivity contribution in [1.82, 2.24) is 25.8 Å². The Bertz CT molecular complexity index is 1580. The third-order valence-electron chi connectivity index (χ3n) is 10.1. The first kappa shape index (κ1) is 42.3. The summed E-state index contributed by atoms with van der Waals surface area (Å²) in [6.45, 7) is 4.99. The maximum Gasteiger partial charge on any atom is 0.246 e. The van der Waals surface area contributed by atoms with E-state index in [4.69, 9.17) is 11.5 Å². The normalized spacial score (nSPS) is 18.8. The van der Waals surface area contributed by atoms with Crippen LogP contribution in [0.4, 0.5) is 0 Å². The Hall–Kier alpha value is -4.43. The molecule has 54 heavy (non-hydrogen) atoms. The predicted molar refractivity (Wildman–Crippen MR) is 210 cm³/mol. The number of fused-ring (bicyclic) bond motifs is 1. The maximum atomic E-state index is 14.6. The zero-order valence-electron chi connectivity index (χ0n) is 31.7. The summed E-state index contributed by atoms with van der Waals surface area (Å²) in [5, 5.41) is 8.63. The summed E-state index contributed by atoms with van der Waals surface area (Å²) in [5.41, 5.74) is 12.9. The number of amides is 6. The maximum absolute atomic E-state index is 14.6. The molecule has 2 fully saturated rings. The molecule has 0 bridgehead atoms. The van der Waals surface area contributed by atoms with E-state index in [1.54, 1.807) is 9.80 Å². The molecule has 294 valence electrons. The fourth-order valence-electron chi connectivity index (χ4n) is 7.31. The van der Waals surface area contributed by atoms with Gasteiger partial charge in [-0.15, -0.1) is 0 Å². The van der Waals surface area contributed by atoms with E-state index in [-0.39, 0.29) is 49.5 Å². The van der Waals surface area contributed by atoms with Gasteiger partial charge in [-0.3, -0.25) is 28.8 Å². The highest BCUT2D eigenvalue weighted by molar-refractivity contribution is 7.98. The number of hydrogen-bond acceptors (Lipinski definition) is 8.